The Hall–Kier alpha value is -0.240. The van der Waals surface area contributed by atoms with Crippen LogP contribution in [0.4, 0.5) is 0 Å². The van der Waals surface area contributed by atoms with E-state index in [1.807, 2.05) is 4.72 Å². The van der Waals surface area contributed by atoms with Gasteiger partial charge in [0.25, 0.3) is 10.2 Å². The quantitative estimate of drug-likeness (QED) is 0.460. The van der Waals surface area contributed by atoms with Crippen molar-refractivity contribution >= 4 is 27.4 Å². The first-order valence-corrected chi connectivity index (χ1v) is 4.43. The number of rotatable bonds is 4. The maximum atomic E-state index is 10.2. The Morgan fingerprint density at radius 1 is 1.60 bits per heavy atom. The van der Waals surface area contributed by atoms with E-state index in [-0.39, 0.29) is 11.5 Å². The summed E-state index contributed by atoms with van der Waals surface area (Å²) in [6.45, 7) is 0.161. The third kappa shape index (κ3) is 7.76. The van der Waals surface area contributed by atoms with Crippen molar-refractivity contribution < 1.29 is 8.42 Å². The third-order valence-electron chi connectivity index (χ3n) is 0.675. The normalized spacial score (nSPS) is 11.3. The number of nitrogens with one attached hydrogen (secondary N) is 1. The van der Waals surface area contributed by atoms with Gasteiger partial charge in [-0.2, -0.15) is 8.42 Å². The number of hydrogen-bond donors (Lipinski definition) is 3. The highest BCUT2D eigenvalue weighted by Crippen LogP contribution is 1.77. The first-order valence-electron chi connectivity index (χ1n) is 2.47. The zero-order chi connectivity index (χ0) is 8.20. The zero-order valence-corrected chi connectivity index (χ0v) is 6.83. The van der Waals surface area contributed by atoms with Gasteiger partial charge >= 0.3 is 0 Å². The molecule has 0 aliphatic rings. The van der Waals surface area contributed by atoms with E-state index < -0.39 is 10.2 Å². The molecule has 0 heterocycles. The van der Waals surface area contributed by atoms with Gasteiger partial charge in [-0.3, -0.25) is 0 Å². The Labute approximate surface area is 65.0 Å². The molecule has 0 saturated carbocycles. The molecule has 0 amide bonds. The first-order chi connectivity index (χ1) is 4.42. The Balaban J connectivity index is 3.49. The Morgan fingerprint density at radius 2 is 2.10 bits per heavy atom. The van der Waals surface area contributed by atoms with Crippen LogP contribution in [0, 0.1) is 0 Å². The molecule has 0 unspecified atom stereocenters. The van der Waals surface area contributed by atoms with Crippen molar-refractivity contribution in [1.29, 1.82) is 0 Å². The highest BCUT2D eigenvalue weighted by molar-refractivity contribution is 7.87. The maximum absolute atomic E-state index is 10.2. The molecule has 0 fully saturated rings. The summed E-state index contributed by atoms with van der Waals surface area (Å²) in [7, 11) is -3.58. The van der Waals surface area contributed by atoms with Crippen molar-refractivity contribution in [1.82, 2.24) is 4.72 Å². The fraction of sp³-hybridized carbons (Fsp3) is 0.667. The van der Waals surface area contributed by atoms with Crippen molar-refractivity contribution in [2.45, 2.75) is 6.42 Å². The SMILES string of the molecule is NC(=S)CCNS(N)(=O)=O. The van der Waals surface area contributed by atoms with E-state index in [2.05, 4.69) is 17.4 Å². The van der Waals surface area contributed by atoms with E-state index in [0.717, 1.165) is 0 Å². The van der Waals surface area contributed by atoms with Gasteiger partial charge in [0.2, 0.25) is 0 Å². The van der Waals surface area contributed by atoms with E-state index in [0.29, 0.717) is 6.42 Å². The zero-order valence-electron chi connectivity index (χ0n) is 5.20. The molecule has 0 saturated heterocycles. The van der Waals surface area contributed by atoms with Crippen LogP contribution in [0.15, 0.2) is 0 Å². The van der Waals surface area contributed by atoms with Gasteiger partial charge in [-0.25, -0.2) is 9.86 Å². The Morgan fingerprint density at radius 3 is 2.40 bits per heavy atom. The second-order valence-electron chi connectivity index (χ2n) is 1.66. The van der Waals surface area contributed by atoms with Gasteiger partial charge in [-0.05, 0) is 0 Å². The average Bonchev–Trinajstić information content (AvgIpc) is 1.59. The monoisotopic (exact) mass is 183 g/mol. The van der Waals surface area contributed by atoms with E-state index in [1.165, 1.54) is 0 Å². The molecule has 0 spiro atoms. The summed E-state index contributed by atoms with van der Waals surface area (Å²) >= 11 is 4.49. The molecule has 0 aliphatic carbocycles. The predicted octanol–water partition coefficient (Wildman–Crippen LogP) is -1.54. The molecule has 0 aliphatic heterocycles. The van der Waals surface area contributed by atoms with Crippen LogP contribution >= 0.6 is 12.2 Å². The minimum absolute atomic E-state index is 0.161. The molecule has 60 valence electrons. The van der Waals surface area contributed by atoms with Crippen LogP contribution in [0.5, 0.6) is 0 Å². The highest BCUT2D eigenvalue weighted by Gasteiger charge is 1.98. The molecule has 0 aromatic carbocycles. The molecule has 0 rings (SSSR count). The summed E-state index contributed by atoms with van der Waals surface area (Å²) < 4.78 is 22.4. The van der Waals surface area contributed by atoms with E-state index in [1.54, 1.807) is 0 Å². The molecule has 0 bridgehead atoms. The second-order valence-corrected chi connectivity index (χ2v) is 3.56. The molecule has 0 aromatic heterocycles. The van der Waals surface area contributed by atoms with Crippen molar-refractivity contribution in [3.8, 4) is 0 Å². The molecule has 0 atom stereocenters. The lowest BCUT2D eigenvalue weighted by molar-refractivity contribution is 0.584. The lowest BCUT2D eigenvalue weighted by Crippen LogP contribution is -2.33. The minimum atomic E-state index is -3.58. The fourth-order valence-corrected chi connectivity index (χ4v) is 0.805. The minimum Gasteiger partial charge on any atom is -0.393 e. The highest BCUT2D eigenvalue weighted by atomic mass is 32.2. The van der Waals surface area contributed by atoms with Gasteiger partial charge in [0.05, 0.1) is 4.99 Å². The molecule has 10 heavy (non-hydrogen) atoms. The van der Waals surface area contributed by atoms with Gasteiger partial charge < -0.3 is 5.73 Å². The predicted molar refractivity (Wildman–Crippen MR) is 42.5 cm³/mol. The van der Waals surface area contributed by atoms with Gasteiger partial charge in [-0.15, -0.1) is 0 Å². The standard InChI is InChI=1S/C3H9N3O2S2/c4-3(9)1-2-6-10(5,7)8/h6H,1-2H2,(H2,4,9)(H2,5,7,8). The smallest absolute Gasteiger partial charge is 0.274 e. The summed E-state index contributed by atoms with van der Waals surface area (Å²) in [6, 6.07) is 0. The van der Waals surface area contributed by atoms with Gasteiger partial charge in [0, 0.05) is 13.0 Å². The third-order valence-corrected chi connectivity index (χ3v) is 1.49. The van der Waals surface area contributed by atoms with Gasteiger partial charge in [-0.1, -0.05) is 12.2 Å². The van der Waals surface area contributed by atoms with Gasteiger partial charge in [0.15, 0.2) is 0 Å². The van der Waals surface area contributed by atoms with Crippen LogP contribution in [0.2, 0.25) is 0 Å². The molecule has 5 N–H and O–H groups in total. The van der Waals surface area contributed by atoms with E-state index in [9.17, 15) is 8.42 Å². The molecule has 0 radical (unpaired) electrons. The molecular formula is C3H9N3O2S2. The molecule has 7 heteroatoms. The lowest BCUT2D eigenvalue weighted by atomic mass is 10.4. The summed E-state index contributed by atoms with van der Waals surface area (Å²) in [4.78, 5) is 0.260. The van der Waals surface area contributed by atoms with Crippen molar-refractivity contribution in [2.24, 2.45) is 10.9 Å². The second kappa shape index (κ2) is 3.81. The van der Waals surface area contributed by atoms with Gasteiger partial charge in [0.1, 0.15) is 0 Å². The largest absolute Gasteiger partial charge is 0.393 e. The summed E-state index contributed by atoms with van der Waals surface area (Å²) in [6.07, 6.45) is 0.325. The van der Waals surface area contributed by atoms with Crippen LogP contribution in [-0.4, -0.2) is 20.0 Å². The van der Waals surface area contributed by atoms with Crippen LogP contribution in [0.1, 0.15) is 6.42 Å². The number of hydrogen-bond acceptors (Lipinski definition) is 3. The first kappa shape index (κ1) is 9.76. The van der Waals surface area contributed by atoms with E-state index in [4.69, 9.17) is 5.73 Å². The Kier molecular flexibility index (Phi) is 3.72. The number of nitrogens with two attached hydrogens (primary N) is 2. The van der Waals surface area contributed by atoms with Crippen molar-refractivity contribution in [3.63, 3.8) is 0 Å². The number of thiocarbonyl (C=S) groups is 1. The summed E-state index contributed by atoms with van der Waals surface area (Å²) in [5, 5.41) is 4.60. The topological polar surface area (TPSA) is 98.2 Å². The summed E-state index contributed by atoms with van der Waals surface area (Å²) in [5.74, 6) is 0. The van der Waals surface area contributed by atoms with Crippen molar-refractivity contribution in [2.75, 3.05) is 6.54 Å². The van der Waals surface area contributed by atoms with Crippen LogP contribution in [-0.2, 0) is 10.2 Å². The van der Waals surface area contributed by atoms with Crippen LogP contribution < -0.4 is 15.6 Å². The molecule has 5 nitrogen and oxygen atoms in total. The fourth-order valence-electron chi connectivity index (χ4n) is 0.316. The van der Waals surface area contributed by atoms with Crippen molar-refractivity contribution in [3.05, 3.63) is 0 Å². The molecule has 0 aromatic rings. The molecular weight excluding hydrogens is 174 g/mol. The van der Waals surface area contributed by atoms with Crippen LogP contribution in [0.25, 0.3) is 0 Å². The Bertz CT molecular complexity index is 210. The van der Waals surface area contributed by atoms with E-state index >= 15 is 0 Å². The lowest BCUT2D eigenvalue weighted by Gasteiger charge is -1.98. The maximum Gasteiger partial charge on any atom is 0.274 e. The van der Waals surface area contributed by atoms with Crippen LogP contribution in [0.3, 0.4) is 0 Å². The summed E-state index contributed by atoms with van der Waals surface area (Å²) in [5.41, 5.74) is 5.08. The average molecular weight is 183 g/mol.